The van der Waals surface area contributed by atoms with Gasteiger partial charge in [-0.05, 0) is 31.0 Å². The monoisotopic (exact) mass is 346 g/mol. The minimum atomic E-state index is -0.234. The Morgan fingerprint density at radius 3 is 2.81 bits per heavy atom. The second kappa shape index (κ2) is 6.22. The fourth-order valence-corrected chi connectivity index (χ4v) is 2.93. The van der Waals surface area contributed by atoms with Crippen molar-refractivity contribution in [3.63, 3.8) is 0 Å². The lowest BCUT2D eigenvalue weighted by Gasteiger charge is -2.10. The van der Waals surface area contributed by atoms with Crippen LogP contribution in [0, 0.1) is 6.92 Å². The van der Waals surface area contributed by atoms with Gasteiger partial charge in [0.25, 0.3) is 11.6 Å². The van der Waals surface area contributed by atoms with Crippen molar-refractivity contribution in [1.82, 2.24) is 15.1 Å². The van der Waals surface area contributed by atoms with Crippen LogP contribution in [-0.2, 0) is 0 Å². The summed E-state index contributed by atoms with van der Waals surface area (Å²) in [5, 5.41) is 8.49. The molecule has 26 heavy (non-hydrogen) atoms. The number of nitrogens with zero attached hydrogens (tertiary/aromatic N) is 3. The Morgan fingerprint density at radius 2 is 2.00 bits per heavy atom. The van der Waals surface area contributed by atoms with Crippen LogP contribution in [0.15, 0.2) is 47.1 Å². The van der Waals surface area contributed by atoms with Gasteiger partial charge >= 0.3 is 0 Å². The zero-order valence-corrected chi connectivity index (χ0v) is 14.8. The van der Waals surface area contributed by atoms with E-state index in [4.69, 9.17) is 4.52 Å². The standard InChI is InChI=1S/C20H18N4O2/c1-11(2)17-9-15(18-12(3)24-26-20(18)23-17)19(25)22-14-8-13-6-4-5-7-16(13)21-10-14/h4-11H,1-3H3,(H,22,25). The molecule has 0 unspecified atom stereocenters. The lowest BCUT2D eigenvalue weighted by atomic mass is 10.0. The molecule has 0 saturated carbocycles. The van der Waals surface area contributed by atoms with Gasteiger partial charge in [0.05, 0.1) is 34.0 Å². The molecule has 1 aromatic carbocycles. The van der Waals surface area contributed by atoms with Crippen LogP contribution in [0.25, 0.3) is 22.0 Å². The molecule has 130 valence electrons. The van der Waals surface area contributed by atoms with E-state index in [9.17, 15) is 4.79 Å². The molecular weight excluding hydrogens is 328 g/mol. The summed E-state index contributed by atoms with van der Waals surface area (Å²) >= 11 is 0. The van der Waals surface area contributed by atoms with Gasteiger partial charge in [-0.2, -0.15) is 0 Å². The number of pyridine rings is 2. The summed E-state index contributed by atoms with van der Waals surface area (Å²) in [6.07, 6.45) is 1.66. The van der Waals surface area contributed by atoms with Crippen molar-refractivity contribution in [2.24, 2.45) is 0 Å². The number of aromatic nitrogens is 3. The number of anilines is 1. The number of fused-ring (bicyclic) bond motifs is 2. The lowest BCUT2D eigenvalue weighted by Crippen LogP contribution is -2.14. The first-order chi connectivity index (χ1) is 12.5. The maximum atomic E-state index is 13.0. The molecule has 0 aliphatic heterocycles. The van der Waals surface area contributed by atoms with Crippen molar-refractivity contribution in [3.05, 3.63) is 59.5 Å². The lowest BCUT2D eigenvalue weighted by molar-refractivity contribution is 0.102. The number of para-hydroxylation sites is 1. The Morgan fingerprint density at radius 1 is 1.19 bits per heavy atom. The molecule has 0 fully saturated rings. The fraction of sp³-hybridized carbons (Fsp3) is 0.200. The number of carbonyl (C=O) groups excluding carboxylic acids is 1. The average molecular weight is 346 g/mol. The summed E-state index contributed by atoms with van der Waals surface area (Å²) in [6.45, 7) is 5.84. The molecule has 1 amide bonds. The highest BCUT2D eigenvalue weighted by Crippen LogP contribution is 2.26. The predicted molar refractivity (Wildman–Crippen MR) is 100 cm³/mol. The molecule has 0 bridgehead atoms. The molecule has 4 rings (SSSR count). The minimum Gasteiger partial charge on any atom is -0.336 e. The van der Waals surface area contributed by atoms with Crippen LogP contribution in [0.5, 0.6) is 0 Å². The number of carbonyl (C=O) groups is 1. The van der Waals surface area contributed by atoms with Gasteiger partial charge in [0.2, 0.25) is 0 Å². The van der Waals surface area contributed by atoms with Gasteiger partial charge in [-0.25, -0.2) is 4.98 Å². The zero-order valence-electron chi connectivity index (χ0n) is 14.8. The van der Waals surface area contributed by atoms with E-state index in [1.165, 1.54) is 0 Å². The Kier molecular flexibility index (Phi) is 3.88. The quantitative estimate of drug-likeness (QED) is 0.592. The van der Waals surface area contributed by atoms with E-state index in [0.29, 0.717) is 28.0 Å². The Bertz CT molecular complexity index is 1130. The molecule has 0 aliphatic rings. The van der Waals surface area contributed by atoms with Gasteiger partial charge in [-0.3, -0.25) is 9.78 Å². The molecule has 0 saturated heterocycles. The van der Waals surface area contributed by atoms with Gasteiger partial charge in [-0.15, -0.1) is 0 Å². The van der Waals surface area contributed by atoms with Crippen molar-refractivity contribution < 1.29 is 9.32 Å². The third-order valence-electron chi connectivity index (χ3n) is 4.32. The van der Waals surface area contributed by atoms with E-state index in [-0.39, 0.29) is 11.8 Å². The number of hydrogen-bond donors (Lipinski definition) is 1. The molecule has 6 nitrogen and oxygen atoms in total. The smallest absolute Gasteiger partial charge is 0.259 e. The average Bonchev–Trinajstić information content (AvgIpc) is 3.02. The molecule has 4 aromatic rings. The first-order valence-corrected chi connectivity index (χ1v) is 8.46. The van der Waals surface area contributed by atoms with Crippen LogP contribution in [0.2, 0.25) is 0 Å². The van der Waals surface area contributed by atoms with Crippen LogP contribution >= 0.6 is 0 Å². The van der Waals surface area contributed by atoms with Crippen molar-refractivity contribution in [2.45, 2.75) is 26.7 Å². The summed E-state index contributed by atoms with van der Waals surface area (Å²) in [6, 6.07) is 11.5. The Hall–Kier alpha value is -3.28. The summed E-state index contributed by atoms with van der Waals surface area (Å²) in [5.74, 6) is -0.0682. The topological polar surface area (TPSA) is 80.9 Å². The van der Waals surface area contributed by atoms with E-state index in [0.717, 1.165) is 16.6 Å². The molecular formula is C20H18N4O2. The van der Waals surface area contributed by atoms with Crippen LogP contribution in [0.3, 0.4) is 0 Å². The third-order valence-corrected chi connectivity index (χ3v) is 4.32. The molecule has 1 N–H and O–H groups in total. The van der Waals surface area contributed by atoms with Crippen LogP contribution in [0.4, 0.5) is 5.69 Å². The highest BCUT2D eigenvalue weighted by molar-refractivity contribution is 6.12. The van der Waals surface area contributed by atoms with Crippen LogP contribution in [-0.4, -0.2) is 21.0 Å². The molecule has 0 spiro atoms. The Balaban J connectivity index is 1.76. The second-order valence-corrected chi connectivity index (χ2v) is 6.57. The number of amides is 1. The molecule has 3 aromatic heterocycles. The summed E-state index contributed by atoms with van der Waals surface area (Å²) in [4.78, 5) is 21.8. The first kappa shape index (κ1) is 16.2. The van der Waals surface area contributed by atoms with Crippen LogP contribution in [0.1, 0.15) is 41.5 Å². The second-order valence-electron chi connectivity index (χ2n) is 6.57. The first-order valence-electron chi connectivity index (χ1n) is 8.46. The van der Waals surface area contributed by atoms with E-state index >= 15 is 0 Å². The van der Waals surface area contributed by atoms with Gasteiger partial charge in [0.1, 0.15) is 0 Å². The van der Waals surface area contributed by atoms with E-state index < -0.39 is 0 Å². The molecule has 0 radical (unpaired) electrons. The van der Waals surface area contributed by atoms with Crippen molar-refractivity contribution >= 4 is 33.6 Å². The van der Waals surface area contributed by atoms with Gasteiger partial charge < -0.3 is 9.84 Å². The molecule has 6 heteroatoms. The van der Waals surface area contributed by atoms with Crippen molar-refractivity contribution in [1.29, 1.82) is 0 Å². The van der Waals surface area contributed by atoms with Gasteiger partial charge in [0, 0.05) is 11.1 Å². The van der Waals surface area contributed by atoms with Gasteiger partial charge in [-0.1, -0.05) is 37.2 Å². The number of rotatable bonds is 3. The normalized spacial score (nSPS) is 11.4. The summed E-state index contributed by atoms with van der Waals surface area (Å²) in [7, 11) is 0. The summed E-state index contributed by atoms with van der Waals surface area (Å²) in [5.41, 5.74) is 3.84. The zero-order chi connectivity index (χ0) is 18.3. The van der Waals surface area contributed by atoms with Crippen molar-refractivity contribution in [2.75, 3.05) is 5.32 Å². The summed E-state index contributed by atoms with van der Waals surface area (Å²) < 4.78 is 5.28. The number of nitrogens with one attached hydrogen (secondary N) is 1. The van der Waals surface area contributed by atoms with E-state index in [2.05, 4.69) is 20.4 Å². The number of aryl methyl sites for hydroxylation is 1. The number of hydrogen-bond acceptors (Lipinski definition) is 5. The highest BCUT2D eigenvalue weighted by Gasteiger charge is 2.20. The van der Waals surface area contributed by atoms with E-state index in [1.807, 2.05) is 44.2 Å². The SMILES string of the molecule is Cc1noc2nc(C(C)C)cc(C(=O)Nc3cnc4ccccc4c3)c12. The van der Waals surface area contributed by atoms with Crippen molar-refractivity contribution in [3.8, 4) is 0 Å². The van der Waals surface area contributed by atoms with E-state index in [1.54, 1.807) is 19.2 Å². The third kappa shape index (κ3) is 2.79. The Labute approximate surface area is 150 Å². The van der Waals surface area contributed by atoms with Crippen LogP contribution < -0.4 is 5.32 Å². The fourth-order valence-electron chi connectivity index (χ4n) is 2.93. The maximum absolute atomic E-state index is 13.0. The largest absolute Gasteiger partial charge is 0.336 e. The molecule has 3 heterocycles. The number of benzene rings is 1. The molecule has 0 atom stereocenters. The minimum absolute atomic E-state index is 0.165. The van der Waals surface area contributed by atoms with Gasteiger partial charge in [0.15, 0.2) is 0 Å². The maximum Gasteiger partial charge on any atom is 0.259 e. The highest BCUT2D eigenvalue weighted by atomic mass is 16.5. The molecule has 0 aliphatic carbocycles. The predicted octanol–water partition coefficient (Wildman–Crippen LogP) is 4.46.